The number of amides is 1. The van der Waals surface area contributed by atoms with Crippen LogP contribution in [0.2, 0.25) is 0 Å². The molecule has 2 heterocycles. The van der Waals surface area contributed by atoms with Crippen LogP contribution < -0.4 is 5.32 Å². The summed E-state index contributed by atoms with van der Waals surface area (Å²) in [5, 5.41) is 16.8. The molecule has 1 aromatic carbocycles. The summed E-state index contributed by atoms with van der Waals surface area (Å²) < 4.78 is 1.48. The maximum atomic E-state index is 12.2. The molecule has 3 aromatic rings. The van der Waals surface area contributed by atoms with E-state index in [-0.39, 0.29) is 12.5 Å². The second kappa shape index (κ2) is 6.36. The lowest BCUT2D eigenvalue weighted by atomic mass is 10.1. The Kier molecular flexibility index (Phi) is 4.11. The summed E-state index contributed by atoms with van der Waals surface area (Å²) in [5.74, 6) is -0.223. The number of carbonyl (C=O) groups excluding carboxylic acids is 1. The Labute approximate surface area is 127 Å². The number of benzene rings is 1. The zero-order chi connectivity index (χ0) is 15.4. The summed E-state index contributed by atoms with van der Waals surface area (Å²) in [5.41, 5.74) is 2.29. The van der Waals surface area contributed by atoms with Crippen LogP contribution in [0.5, 0.6) is 0 Å². The Bertz CT molecular complexity index is 797. The van der Waals surface area contributed by atoms with E-state index in [0.29, 0.717) is 18.8 Å². The van der Waals surface area contributed by atoms with Crippen molar-refractivity contribution in [2.45, 2.75) is 13.1 Å². The molecule has 0 spiro atoms. The van der Waals surface area contributed by atoms with Crippen molar-refractivity contribution in [2.75, 3.05) is 6.61 Å². The first-order valence-electron chi connectivity index (χ1n) is 7.02. The lowest BCUT2D eigenvalue weighted by molar-refractivity contribution is 0.0938. The fraction of sp³-hybridized carbons (Fsp3) is 0.188. The molecule has 6 heteroatoms. The van der Waals surface area contributed by atoms with Gasteiger partial charge in [-0.05, 0) is 23.8 Å². The number of para-hydroxylation sites is 1. The summed E-state index contributed by atoms with van der Waals surface area (Å²) in [6, 6.07) is 11.5. The number of nitrogens with one attached hydrogen (secondary N) is 1. The first-order valence-corrected chi connectivity index (χ1v) is 7.02. The number of rotatable bonds is 5. The molecule has 22 heavy (non-hydrogen) atoms. The highest BCUT2D eigenvalue weighted by Gasteiger charge is 2.11. The molecule has 0 atom stereocenters. The summed E-state index contributed by atoms with van der Waals surface area (Å²) in [6.07, 6.45) is 3.30. The van der Waals surface area contributed by atoms with E-state index >= 15 is 0 Å². The summed E-state index contributed by atoms with van der Waals surface area (Å²) >= 11 is 0. The third kappa shape index (κ3) is 2.96. The van der Waals surface area contributed by atoms with Crippen LogP contribution in [0.3, 0.4) is 0 Å². The SMILES string of the molecule is O=C(NCc1cnc2ccccc2c1)c1ccnn1CCO. The molecule has 0 saturated heterocycles. The number of nitrogens with zero attached hydrogens (tertiary/aromatic N) is 3. The molecule has 2 N–H and O–H groups in total. The maximum absolute atomic E-state index is 12.2. The molecule has 0 aliphatic carbocycles. The van der Waals surface area contributed by atoms with Crippen molar-refractivity contribution in [3.8, 4) is 0 Å². The topological polar surface area (TPSA) is 80.0 Å². The van der Waals surface area contributed by atoms with Crippen molar-refractivity contribution < 1.29 is 9.90 Å². The standard InChI is InChI=1S/C16H16N4O2/c21-8-7-20-15(5-6-19-20)16(22)18-11-12-9-13-3-1-2-4-14(13)17-10-12/h1-6,9-10,21H,7-8,11H2,(H,18,22). The largest absolute Gasteiger partial charge is 0.394 e. The molecule has 0 fully saturated rings. The molecule has 112 valence electrons. The Morgan fingerprint density at radius 1 is 1.27 bits per heavy atom. The van der Waals surface area contributed by atoms with Crippen molar-refractivity contribution >= 4 is 16.8 Å². The Morgan fingerprint density at radius 3 is 3.00 bits per heavy atom. The van der Waals surface area contributed by atoms with Crippen molar-refractivity contribution in [1.82, 2.24) is 20.1 Å². The van der Waals surface area contributed by atoms with Gasteiger partial charge in [0.1, 0.15) is 5.69 Å². The third-order valence-corrected chi connectivity index (χ3v) is 3.36. The highest BCUT2D eigenvalue weighted by atomic mass is 16.3. The molecule has 0 aliphatic rings. The van der Waals surface area contributed by atoms with Gasteiger partial charge in [0, 0.05) is 24.3 Å². The smallest absolute Gasteiger partial charge is 0.269 e. The minimum Gasteiger partial charge on any atom is -0.394 e. The Hall–Kier alpha value is -2.73. The number of aliphatic hydroxyl groups is 1. The number of fused-ring (bicyclic) bond motifs is 1. The molecule has 3 rings (SSSR count). The fourth-order valence-corrected chi connectivity index (χ4v) is 2.28. The normalized spacial score (nSPS) is 10.8. The van der Waals surface area contributed by atoms with Crippen LogP contribution in [-0.2, 0) is 13.1 Å². The zero-order valence-corrected chi connectivity index (χ0v) is 11.9. The number of hydrogen-bond acceptors (Lipinski definition) is 4. The van der Waals surface area contributed by atoms with Crippen LogP contribution in [0.1, 0.15) is 16.1 Å². The van der Waals surface area contributed by atoms with Crippen LogP contribution >= 0.6 is 0 Å². The fourth-order valence-electron chi connectivity index (χ4n) is 2.28. The van der Waals surface area contributed by atoms with Gasteiger partial charge in [0.2, 0.25) is 0 Å². The molecular formula is C16H16N4O2. The van der Waals surface area contributed by atoms with Gasteiger partial charge in [-0.1, -0.05) is 18.2 Å². The van der Waals surface area contributed by atoms with Crippen molar-refractivity contribution in [3.63, 3.8) is 0 Å². The lowest BCUT2D eigenvalue weighted by Crippen LogP contribution is -2.26. The van der Waals surface area contributed by atoms with Gasteiger partial charge in [-0.15, -0.1) is 0 Å². The molecule has 0 unspecified atom stereocenters. The van der Waals surface area contributed by atoms with E-state index in [2.05, 4.69) is 15.4 Å². The zero-order valence-electron chi connectivity index (χ0n) is 11.9. The van der Waals surface area contributed by atoms with E-state index in [1.54, 1.807) is 18.5 Å². The highest BCUT2D eigenvalue weighted by Crippen LogP contribution is 2.12. The first kappa shape index (κ1) is 14.2. The van der Waals surface area contributed by atoms with Crippen LogP contribution in [0.4, 0.5) is 0 Å². The van der Waals surface area contributed by atoms with Gasteiger partial charge in [-0.2, -0.15) is 5.10 Å². The van der Waals surface area contributed by atoms with Gasteiger partial charge in [0.25, 0.3) is 5.91 Å². The van der Waals surface area contributed by atoms with Gasteiger partial charge in [0.15, 0.2) is 0 Å². The maximum Gasteiger partial charge on any atom is 0.269 e. The molecule has 0 saturated carbocycles. The second-order valence-electron chi connectivity index (χ2n) is 4.88. The van der Waals surface area contributed by atoms with Crippen LogP contribution in [0.15, 0.2) is 48.8 Å². The molecule has 0 bridgehead atoms. The molecule has 0 aliphatic heterocycles. The molecular weight excluding hydrogens is 280 g/mol. The van der Waals surface area contributed by atoms with E-state index in [0.717, 1.165) is 16.5 Å². The summed E-state index contributed by atoms with van der Waals surface area (Å²) in [7, 11) is 0. The highest BCUT2D eigenvalue weighted by molar-refractivity contribution is 5.92. The van der Waals surface area contributed by atoms with Crippen molar-refractivity contribution in [1.29, 1.82) is 0 Å². The number of carbonyl (C=O) groups is 1. The van der Waals surface area contributed by atoms with Crippen LogP contribution in [0, 0.1) is 0 Å². The predicted molar refractivity (Wildman–Crippen MR) is 82.2 cm³/mol. The molecule has 1 amide bonds. The van der Waals surface area contributed by atoms with E-state index in [9.17, 15) is 4.79 Å². The Balaban J connectivity index is 1.70. The van der Waals surface area contributed by atoms with E-state index in [1.165, 1.54) is 4.68 Å². The lowest BCUT2D eigenvalue weighted by Gasteiger charge is -2.08. The van der Waals surface area contributed by atoms with E-state index < -0.39 is 0 Å². The van der Waals surface area contributed by atoms with Gasteiger partial charge in [-0.3, -0.25) is 14.5 Å². The van der Waals surface area contributed by atoms with Crippen LogP contribution in [0.25, 0.3) is 10.9 Å². The second-order valence-corrected chi connectivity index (χ2v) is 4.88. The quantitative estimate of drug-likeness (QED) is 0.745. The van der Waals surface area contributed by atoms with Gasteiger partial charge < -0.3 is 10.4 Å². The number of aromatic nitrogens is 3. The third-order valence-electron chi connectivity index (χ3n) is 3.36. The monoisotopic (exact) mass is 296 g/mol. The number of pyridine rings is 1. The van der Waals surface area contributed by atoms with E-state index in [1.807, 2.05) is 30.3 Å². The summed E-state index contributed by atoms with van der Waals surface area (Å²) in [4.78, 5) is 16.5. The van der Waals surface area contributed by atoms with Gasteiger partial charge >= 0.3 is 0 Å². The van der Waals surface area contributed by atoms with Crippen molar-refractivity contribution in [3.05, 3.63) is 60.0 Å². The number of aliphatic hydroxyl groups excluding tert-OH is 1. The average Bonchev–Trinajstić information content (AvgIpc) is 3.01. The van der Waals surface area contributed by atoms with Crippen molar-refractivity contribution in [2.24, 2.45) is 0 Å². The Morgan fingerprint density at radius 2 is 2.14 bits per heavy atom. The first-order chi connectivity index (χ1) is 10.8. The van der Waals surface area contributed by atoms with E-state index in [4.69, 9.17) is 5.11 Å². The molecule has 0 radical (unpaired) electrons. The summed E-state index contributed by atoms with van der Waals surface area (Å²) in [6.45, 7) is 0.630. The molecule has 6 nitrogen and oxygen atoms in total. The molecule has 2 aromatic heterocycles. The minimum absolute atomic E-state index is 0.0590. The average molecular weight is 296 g/mol. The predicted octanol–water partition coefficient (Wildman–Crippen LogP) is 1.35. The van der Waals surface area contributed by atoms with Crippen LogP contribution in [-0.4, -0.2) is 32.4 Å². The number of hydrogen-bond donors (Lipinski definition) is 2. The van der Waals surface area contributed by atoms with Gasteiger partial charge in [0.05, 0.1) is 18.7 Å². The van der Waals surface area contributed by atoms with Gasteiger partial charge in [-0.25, -0.2) is 0 Å². The minimum atomic E-state index is -0.223.